The lowest BCUT2D eigenvalue weighted by Gasteiger charge is -2.01. The zero-order valence-electron chi connectivity index (χ0n) is 6.94. The van der Waals surface area contributed by atoms with Crippen LogP contribution in [-0.2, 0) is 4.79 Å². The highest BCUT2D eigenvalue weighted by atomic mass is 32.1. The van der Waals surface area contributed by atoms with Crippen LogP contribution < -0.4 is 11.1 Å². The van der Waals surface area contributed by atoms with Crippen LogP contribution in [0.15, 0.2) is 16.6 Å². The van der Waals surface area contributed by atoms with Gasteiger partial charge in [0.05, 0.1) is 5.56 Å². The van der Waals surface area contributed by atoms with E-state index < -0.39 is 0 Å². The van der Waals surface area contributed by atoms with E-state index in [2.05, 4.69) is 10.5 Å². The average molecular weight is 199 g/mol. The fourth-order valence-corrected chi connectivity index (χ4v) is 1.66. The number of nitrogens with two attached hydrogens (primary N) is 1. The topological polar surface area (TPSA) is 87.7 Å². The first-order chi connectivity index (χ1) is 6.15. The summed E-state index contributed by atoms with van der Waals surface area (Å²) in [6.45, 7) is 1.40. The Hall–Kier alpha value is -1.56. The molecule has 1 aromatic rings. The molecule has 6 heteroatoms. The van der Waals surface area contributed by atoms with Gasteiger partial charge < -0.3 is 16.3 Å². The van der Waals surface area contributed by atoms with Gasteiger partial charge in [-0.1, -0.05) is 5.16 Å². The molecule has 13 heavy (non-hydrogen) atoms. The quantitative estimate of drug-likeness (QED) is 0.285. The Morgan fingerprint density at radius 1 is 1.77 bits per heavy atom. The van der Waals surface area contributed by atoms with Crippen LogP contribution in [0.4, 0.5) is 5.00 Å². The smallest absolute Gasteiger partial charge is 0.221 e. The maximum Gasteiger partial charge on any atom is 0.221 e. The summed E-state index contributed by atoms with van der Waals surface area (Å²) < 4.78 is 0. The number of oxime groups is 1. The molecule has 0 spiro atoms. The van der Waals surface area contributed by atoms with E-state index >= 15 is 0 Å². The molecule has 4 N–H and O–H groups in total. The predicted molar refractivity (Wildman–Crippen MR) is 51.1 cm³/mol. The third kappa shape index (κ3) is 2.19. The molecule has 1 amide bonds. The molecule has 0 aliphatic heterocycles. The Morgan fingerprint density at radius 2 is 2.46 bits per heavy atom. The van der Waals surface area contributed by atoms with Crippen molar-refractivity contribution in [3.8, 4) is 0 Å². The van der Waals surface area contributed by atoms with Gasteiger partial charge in [-0.3, -0.25) is 4.79 Å². The summed E-state index contributed by atoms with van der Waals surface area (Å²) in [6.07, 6.45) is 0. The van der Waals surface area contributed by atoms with Gasteiger partial charge in [-0.15, -0.1) is 11.3 Å². The Kier molecular flexibility index (Phi) is 2.86. The lowest BCUT2D eigenvalue weighted by Crippen LogP contribution is -2.15. The van der Waals surface area contributed by atoms with Gasteiger partial charge in [-0.05, 0) is 11.4 Å². The van der Waals surface area contributed by atoms with Gasteiger partial charge in [-0.25, -0.2) is 0 Å². The van der Waals surface area contributed by atoms with Gasteiger partial charge >= 0.3 is 0 Å². The average Bonchev–Trinajstić information content (AvgIpc) is 2.50. The Bertz CT molecular complexity index is 345. The number of nitrogens with one attached hydrogen (secondary N) is 1. The zero-order valence-corrected chi connectivity index (χ0v) is 7.76. The second-order valence-corrected chi connectivity index (χ2v) is 3.25. The number of thiophene rings is 1. The highest BCUT2D eigenvalue weighted by Gasteiger charge is 2.08. The summed E-state index contributed by atoms with van der Waals surface area (Å²) in [5, 5.41) is 16.2. The number of hydrogen-bond donors (Lipinski definition) is 3. The molecule has 0 saturated carbocycles. The molecule has 0 fully saturated rings. The minimum atomic E-state index is -0.186. The van der Waals surface area contributed by atoms with Crippen LogP contribution >= 0.6 is 11.3 Å². The Labute approximate surface area is 78.9 Å². The summed E-state index contributed by atoms with van der Waals surface area (Å²) in [5.74, 6) is -0.195. The van der Waals surface area contributed by atoms with Crippen molar-refractivity contribution in [3.63, 3.8) is 0 Å². The van der Waals surface area contributed by atoms with Crippen molar-refractivity contribution in [3.05, 3.63) is 17.0 Å². The molecule has 1 aromatic heterocycles. The van der Waals surface area contributed by atoms with Gasteiger partial charge in [0.25, 0.3) is 0 Å². The van der Waals surface area contributed by atoms with Crippen LogP contribution in [0, 0.1) is 0 Å². The Morgan fingerprint density at radius 3 is 3.00 bits per heavy atom. The van der Waals surface area contributed by atoms with E-state index in [0.717, 1.165) is 0 Å². The third-order valence-corrected chi connectivity index (χ3v) is 2.17. The highest BCUT2D eigenvalue weighted by molar-refractivity contribution is 7.14. The number of amides is 1. The van der Waals surface area contributed by atoms with Crippen LogP contribution in [-0.4, -0.2) is 17.0 Å². The lowest BCUT2D eigenvalue weighted by atomic mass is 10.3. The van der Waals surface area contributed by atoms with Crippen LogP contribution in [0.5, 0.6) is 0 Å². The van der Waals surface area contributed by atoms with Crippen molar-refractivity contribution in [2.45, 2.75) is 6.92 Å². The molecular weight excluding hydrogens is 190 g/mol. The van der Waals surface area contributed by atoms with Crippen LogP contribution in [0.2, 0.25) is 0 Å². The van der Waals surface area contributed by atoms with E-state index in [1.54, 1.807) is 11.4 Å². The summed E-state index contributed by atoms with van der Waals surface area (Å²) in [5.41, 5.74) is 5.90. The standard InChI is InChI=1S/C7H9N3O2S/c1-4(11)9-7-5(2-3-13-7)6(8)10-12/h2-3,12H,1H3,(H2,8,10)(H,9,11). The fourth-order valence-electron chi connectivity index (χ4n) is 0.822. The first-order valence-electron chi connectivity index (χ1n) is 3.48. The van der Waals surface area contributed by atoms with Crippen molar-refractivity contribution in [1.82, 2.24) is 0 Å². The number of carbonyl (C=O) groups excluding carboxylic acids is 1. The molecule has 5 nitrogen and oxygen atoms in total. The maximum atomic E-state index is 10.7. The zero-order chi connectivity index (χ0) is 9.84. The number of anilines is 1. The molecule has 70 valence electrons. The maximum absolute atomic E-state index is 10.7. The number of carbonyl (C=O) groups is 1. The Balaban J connectivity index is 2.96. The normalized spacial score (nSPS) is 11.3. The molecule has 0 unspecified atom stereocenters. The third-order valence-electron chi connectivity index (χ3n) is 1.34. The van der Waals surface area contributed by atoms with Crippen molar-refractivity contribution in [2.24, 2.45) is 10.9 Å². The number of amidine groups is 1. The first kappa shape index (κ1) is 9.53. The highest BCUT2D eigenvalue weighted by Crippen LogP contribution is 2.22. The number of nitrogens with zero attached hydrogens (tertiary/aromatic N) is 1. The van der Waals surface area contributed by atoms with Gasteiger partial charge in [0, 0.05) is 6.92 Å². The van der Waals surface area contributed by atoms with E-state index in [1.165, 1.54) is 18.3 Å². The van der Waals surface area contributed by atoms with E-state index in [1.807, 2.05) is 0 Å². The van der Waals surface area contributed by atoms with Crippen molar-refractivity contribution >= 4 is 28.1 Å². The first-order valence-corrected chi connectivity index (χ1v) is 4.36. The van der Waals surface area contributed by atoms with E-state index in [0.29, 0.717) is 10.6 Å². The second kappa shape index (κ2) is 3.90. The molecule has 0 atom stereocenters. The molecule has 0 radical (unpaired) electrons. The lowest BCUT2D eigenvalue weighted by molar-refractivity contribution is -0.114. The van der Waals surface area contributed by atoms with Crippen molar-refractivity contribution in [2.75, 3.05) is 5.32 Å². The monoisotopic (exact) mass is 199 g/mol. The minimum Gasteiger partial charge on any atom is -0.409 e. The molecule has 1 heterocycles. The predicted octanol–water partition coefficient (Wildman–Crippen LogP) is 0.801. The van der Waals surface area contributed by atoms with E-state index in [-0.39, 0.29) is 11.7 Å². The van der Waals surface area contributed by atoms with Gasteiger partial charge in [0.15, 0.2) is 5.84 Å². The summed E-state index contributed by atoms with van der Waals surface area (Å²) in [7, 11) is 0. The summed E-state index contributed by atoms with van der Waals surface area (Å²) >= 11 is 1.32. The second-order valence-electron chi connectivity index (χ2n) is 2.33. The minimum absolute atomic E-state index is 0.00926. The summed E-state index contributed by atoms with van der Waals surface area (Å²) in [6, 6.07) is 1.67. The van der Waals surface area contributed by atoms with E-state index in [4.69, 9.17) is 10.9 Å². The summed E-state index contributed by atoms with van der Waals surface area (Å²) in [4.78, 5) is 10.7. The molecule has 0 aliphatic carbocycles. The van der Waals surface area contributed by atoms with Gasteiger partial charge in [0.2, 0.25) is 5.91 Å². The van der Waals surface area contributed by atoms with Crippen LogP contribution in [0.25, 0.3) is 0 Å². The van der Waals surface area contributed by atoms with E-state index in [9.17, 15) is 4.79 Å². The fraction of sp³-hybridized carbons (Fsp3) is 0.143. The molecule has 0 aromatic carbocycles. The van der Waals surface area contributed by atoms with Gasteiger partial charge in [0.1, 0.15) is 5.00 Å². The van der Waals surface area contributed by atoms with Crippen molar-refractivity contribution < 1.29 is 10.0 Å². The van der Waals surface area contributed by atoms with Gasteiger partial charge in [-0.2, -0.15) is 0 Å². The largest absolute Gasteiger partial charge is 0.409 e. The molecule has 0 aliphatic rings. The molecule has 0 saturated heterocycles. The SMILES string of the molecule is CC(=O)Nc1sccc1/C(N)=N\O. The van der Waals surface area contributed by atoms with Crippen molar-refractivity contribution in [1.29, 1.82) is 0 Å². The van der Waals surface area contributed by atoms with Crippen LogP contribution in [0.3, 0.4) is 0 Å². The molecule has 0 bridgehead atoms. The number of hydrogen-bond acceptors (Lipinski definition) is 4. The molecule has 1 rings (SSSR count). The van der Waals surface area contributed by atoms with Crippen LogP contribution in [0.1, 0.15) is 12.5 Å². The molecular formula is C7H9N3O2S. The number of rotatable bonds is 2.